The highest BCUT2D eigenvalue weighted by atomic mass is 32.1. The zero-order chi connectivity index (χ0) is 18.1. The lowest BCUT2D eigenvalue weighted by molar-refractivity contribution is 0.103. The van der Waals surface area contributed by atoms with Crippen LogP contribution in [0, 0.1) is 6.92 Å². The summed E-state index contributed by atoms with van der Waals surface area (Å²) < 4.78 is 2.04. The molecule has 3 aromatic heterocycles. The molecule has 4 nitrogen and oxygen atoms in total. The molecule has 1 N–H and O–H groups in total. The van der Waals surface area contributed by atoms with E-state index in [1.807, 2.05) is 72.6 Å². The minimum absolute atomic E-state index is 0.0869. The smallest absolute Gasteiger partial charge is 0.265 e. The van der Waals surface area contributed by atoms with E-state index in [-0.39, 0.29) is 5.91 Å². The molecule has 4 aromatic rings. The molecule has 6 heteroatoms. The number of thiophene rings is 2. The van der Waals surface area contributed by atoms with E-state index in [2.05, 4.69) is 16.4 Å². The number of hydrogen-bond donors (Lipinski definition) is 1. The molecule has 0 aliphatic heterocycles. The number of rotatable bonds is 4. The van der Waals surface area contributed by atoms with Crippen molar-refractivity contribution in [2.75, 3.05) is 5.32 Å². The van der Waals surface area contributed by atoms with Crippen LogP contribution in [0.2, 0.25) is 0 Å². The van der Waals surface area contributed by atoms with Gasteiger partial charge in [-0.15, -0.1) is 22.7 Å². The zero-order valence-corrected chi connectivity index (χ0v) is 16.0. The van der Waals surface area contributed by atoms with Crippen molar-refractivity contribution < 1.29 is 4.79 Å². The van der Waals surface area contributed by atoms with Crippen LogP contribution in [0.4, 0.5) is 5.69 Å². The van der Waals surface area contributed by atoms with Crippen LogP contribution in [0.15, 0.2) is 60.1 Å². The lowest BCUT2D eigenvalue weighted by atomic mass is 10.1. The van der Waals surface area contributed by atoms with Crippen molar-refractivity contribution in [1.82, 2.24) is 9.55 Å². The Bertz CT molecular complexity index is 1060. The van der Waals surface area contributed by atoms with Crippen molar-refractivity contribution in [3.63, 3.8) is 0 Å². The maximum Gasteiger partial charge on any atom is 0.265 e. The molecule has 1 amide bonds. The van der Waals surface area contributed by atoms with Gasteiger partial charge < -0.3 is 9.88 Å². The molecule has 0 bridgehead atoms. The number of aromatic nitrogens is 2. The Morgan fingerprint density at radius 3 is 2.73 bits per heavy atom. The number of benzene rings is 1. The van der Waals surface area contributed by atoms with Crippen LogP contribution in [-0.4, -0.2) is 15.5 Å². The molecule has 0 fully saturated rings. The summed E-state index contributed by atoms with van der Waals surface area (Å²) in [6, 6.07) is 15.8. The first kappa shape index (κ1) is 16.8. The molecule has 0 saturated heterocycles. The van der Waals surface area contributed by atoms with Crippen LogP contribution >= 0.6 is 22.7 Å². The Hall–Kier alpha value is -2.70. The molecule has 26 heavy (non-hydrogen) atoms. The first-order valence-corrected chi connectivity index (χ1v) is 9.85. The van der Waals surface area contributed by atoms with E-state index in [1.165, 1.54) is 16.2 Å². The molecule has 4 rings (SSSR count). The number of hydrogen-bond acceptors (Lipinski definition) is 4. The number of carbonyl (C=O) groups excluding carboxylic acids is 1. The van der Waals surface area contributed by atoms with Gasteiger partial charge in [0.1, 0.15) is 5.82 Å². The van der Waals surface area contributed by atoms with Gasteiger partial charge in [0.05, 0.1) is 16.8 Å². The predicted octanol–water partition coefficient (Wildman–Crippen LogP) is 5.44. The Morgan fingerprint density at radius 2 is 2.00 bits per heavy atom. The fourth-order valence-corrected chi connectivity index (χ4v) is 4.47. The quantitative estimate of drug-likeness (QED) is 0.513. The lowest BCUT2D eigenvalue weighted by Crippen LogP contribution is -2.10. The normalized spacial score (nSPS) is 10.8. The summed E-state index contributed by atoms with van der Waals surface area (Å²) in [5, 5.41) is 5.04. The Labute approximate surface area is 159 Å². The highest BCUT2D eigenvalue weighted by Gasteiger charge is 2.12. The third-order valence-electron chi connectivity index (χ3n) is 4.23. The van der Waals surface area contributed by atoms with Crippen molar-refractivity contribution in [1.29, 1.82) is 0 Å². The topological polar surface area (TPSA) is 46.9 Å². The molecule has 0 saturated carbocycles. The molecule has 0 atom stereocenters. The van der Waals surface area contributed by atoms with Gasteiger partial charge in [-0.1, -0.05) is 18.2 Å². The van der Waals surface area contributed by atoms with Crippen molar-refractivity contribution in [2.24, 2.45) is 7.05 Å². The van der Waals surface area contributed by atoms with Crippen LogP contribution in [0.25, 0.3) is 21.0 Å². The summed E-state index contributed by atoms with van der Waals surface area (Å²) in [6.45, 7) is 1.97. The Kier molecular flexibility index (Phi) is 4.44. The van der Waals surface area contributed by atoms with Crippen LogP contribution in [0.3, 0.4) is 0 Å². The first-order valence-electron chi connectivity index (χ1n) is 8.15. The van der Waals surface area contributed by atoms with E-state index < -0.39 is 0 Å². The summed E-state index contributed by atoms with van der Waals surface area (Å²) in [5.74, 6) is 0.866. The molecular formula is C20H17N3OS2. The van der Waals surface area contributed by atoms with E-state index in [4.69, 9.17) is 0 Å². The van der Waals surface area contributed by atoms with Gasteiger partial charge in [0.15, 0.2) is 0 Å². The molecule has 0 unspecified atom stereocenters. The molecule has 0 aliphatic carbocycles. The Morgan fingerprint density at radius 1 is 1.12 bits per heavy atom. The van der Waals surface area contributed by atoms with Crippen LogP contribution < -0.4 is 5.32 Å². The first-order chi connectivity index (χ1) is 12.6. The summed E-state index contributed by atoms with van der Waals surface area (Å²) >= 11 is 3.19. The molecule has 0 aliphatic rings. The second-order valence-electron chi connectivity index (χ2n) is 5.93. The van der Waals surface area contributed by atoms with Crippen LogP contribution in [0.5, 0.6) is 0 Å². The maximum atomic E-state index is 12.6. The third-order valence-corrected chi connectivity index (χ3v) is 6.38. The van der Waals surface area contributed by atoms with Crippen LogP contribution in [-0.2, 0) is 7.05 Å². The summed E-state index contributed by atoms with van der Waals surface area (Å²) in [7, 11) is 1.99. The standard InChI is InChI=1S/C20H17N3OS2/c1-13-21-12-16(23(13)2)14-5-3-6-15(11-14)22-20(24)19-9-8-18(26-19)17-7-4-10-25-17/h3-12H,1-2H3,(H,22,24). The number of anilines is 1. The molecule has 1 aromatic carbocycles. The number of imidazole rings is 1. The van der Waals surface area contributed by atoms with Gasteiger partial charge in [0, 0.05) is 28.1 Å². The number of nitrogens with zero attached hydrogens (tertiary/aromatic N) is 2. The van der Waals surface area contributed by atoms with E-state index in [0.717, 1.165) is 27.6 Å². The molecule has 3 heterocycles. The van der Waals surface area contributed by atoms with E-state index in [9.17, 15) is 4.79 Å². The number of carbonyl (C=O) groups is 1. The van der Waals surface area contributed by atoms with Gasteiger partial charge in [-0.05, 0) is 42.6 Å². The van der Waals surface area contributed by atoms with Gasteiger partial charge in [0.2, 0.25) is 0 Å². The van der Waals surface area contributed by atoms with Crippen molar-refractivity contribution in [3.05, 3.63) is 70.8 Å². The summed E-state index contributed by atoms with van der Waals surface area (Å²) in [4.78, 5) is 19.9. The number of amides is 1. The average molecular weight is 380 g/mol. The predicted molar refractivity (Wildman–Crippen MR) is 109 cm³/mol. The fourth-order valence-electron chi connectivity index (χ4n) is 2.73. The largest absolute Gasteiger partial charge is 0.331 e. The monoisotopic (exact) mass is 379 g/mol. The summed E-state index contributed by atoms with van der Waals surface area (Å²) in [6.07, 6.45) is 1.85. The molecule has 0 spiro atoms. The number of aryl methyl sites for hydroxylation is 1. The van der Waals surface area contributed by atoms with E-state index >= 15 is 0 Å². The highest BCUT2D eigenvalue weighted by Crippen LogP contribution is 2.32. The second-order valence-corrected chi connectivity index (χ2v) is 7.96. The average Bonchev–Trinajstić information content (AvgIpc) is 3.37. The van der Waals surface area contributed by atoms with Gasteiger partial charge in [0.25, 0.3) is 5.91 Å². The molecule has 130 valence electrons. The third kappa shape index (κ3) is 3.21. The number of nitrogens with one attached hydrogen (secondary N) is 1. The van der Waals surface area contributed by atoms with Crippen LogP contribution in [0.1, 0.15) is 15.5 Å². The zero-order valence-electron chi connectivity index (χ0n) is 14.4. The van der Waals surface area contributed by atoms with Gasteiger partial charge in [-0.3, -0.25) is 4.79 Å². The van der Waals surface area contributed by atoms with Crippen molar-refractivity contribution >= 4 is 34.3 Å². The fraction of sp³-hybridized carbons (Fsp3) is 0.100. The van der Waals surface area contributed by atoms with Gasteiger partial charge in [-0.25, -0.2) is 4.98 Å². The van der Waals surface area contributed by atoms with Gasteiger partial charge in [-0.2, -0.15) is 0 Å². The molecule has 0 radical (unpaired) electrons. The van der Waals surface area contributed by atoms with Gasteiger partial charge >= 0.3 is 0 Å². The minimum Gasteiger partial charge on any atom is -0.331 e. The SMILES string of the molecule is Cc1ncc(-c2cccc(NC(=O)c3ccc(-c4cccs4)s3)c2)n1C. The maximum absolute atomic E-state index is 12.6. The van der Waals surface area contributed by atoms with Crippen molar-refractivity contribution in [3.8, 4) is 21.0 Å². The highest BCUT2D eigenvalue weighted by molar-refractivity contribution is 7.22. The second kappa shape index (κ2) is 6.90. The lowest BCUT2D eigenvalue weighted by Gasteiger charge is -2.08. The van der Waals surface area contributed by atoms with E-state index in [0.29, 0.717) is 4.88 Å². The summed E-state index contributed by atoms with van der Waals surface area (Å²) in [5.41, 5.74) is 2.82. The Balaban J connectivity index is 1.55. The van der Waals surface area contributed by atoms with Crippen molar-refractivity contribution in [2.45, 2.75) is 6.92 Å². The minimum atomic E-state index is -0.0869. The van der Waals surface area contributed by atoms with E-state index in [1.54, 1.807) is 11.3 Å². The molecular weight excluding hydrogens is 362 g/mol.